The molecule has 1 saturated heterocycles. The van der Waals surface area contributed by atoms with E-state index >= 15 is 0 Å². The lowest BCUT2D eigenvalue weighted by Crippen LogP contribution is -2.29. The van der Waals surface area contributed by atoms with Gasteiger partial charge in [0.25, 0.3) is 0 Å². The van der Waals surface area contributed by atoms with Crippen LogP contribution in [0.25, 0.3) is 5.69 Å². The molecular formula is C30H33N5S. The van der Waals surface area contributed by atoms with Gasteiger partial charge in [-0.15, -0.1) is 0 Å². The van der Waals surface area contributed by atoms with E-state index in [1.54, 1.807) is 0 Å². The van der Waals surface area contributed by atoms with Crippen LogP contribution in [0.15, 0.2) is 72.9 Å². The Morgan fingerprint density at radius 3 is 2.33 bits per heavy atom. The van der Waals surface area contributed by atoms with Gasteiger partial charge in [-0.1, -0.05) is 18.2 Å². The Morgan fingerprint density at radius 1 is 0.917 bits per heavy atom. The molecule has 5 nitrogen and oxygen atoms in total. The van der Waals surface area contributed by atoms with Crippen molar-refractivity contribution in [3.05, 3.63) is 107 Å². The van der Waals surface area contributed by atoms with Crippen molar-refractivity contribution >= 4 is 28.7 Å². The fourth-order valence-electron chi connectivity index (χ4n) is 5.30. The monoisotopic (exact) mass is 495 g/mol. The molecule has 3 heterocycles. The fraction of sp³-hybridized carbons (Fsp3) is 0.267. The highest BCUT2D eigenvalue weighted by Gasteiger charge is 2.42. The van der Waals surface area contributed by atoms with Crippen LogP contribution in [0.1, 0.15) is 45.9 Å². The SMILES string of the molecule is Cc1cccc(-n2c(C)cc([C@@H]3[C@H](c4ccccn4)NC(=S)N3c3ccc(N(C)C)cc3)c2C)c1C. The van der Waals surface area contributed by atoms with Gasteiger partial charge in [-0.2, -0.15) is 0 Å². The number of thiocarbonyl (C=S) groups is 1. The first-order valence-corrected chi connectivity index (χ1v) is 12.7. The second kappa shape index (κ2) is 9.43. The van der Waals surface area contributed by atoms with Crippen molar-refractivity contribution < 1.29 is 0 Å². The van der Waals surface area contributed by atoms with Crippen LogP contribution in [0, 0.1) is 27.7 Å². The van der Waals surface area contributed by atoms with Crippen LogP contribution >= 0.6 is 12.2 Å². The Bertz CT molecular complexity index is 1410. The Balaban J connectivity index is 1.68. The fourth-order valence-corrected chi connectivity index (χ4v) is 5.64. The topological polar surface area (TPSA) is 36.3 Å². The van der Waals surface area contributed by atoms with E-state index in [1.165, 1.54) is 33.8 Å². The number of nitrogens with one attached hydrogen (secondary N) is 1. The summed E-state index contributed by atoms with van der Waals surface area (Å²) in [6.07, 6.45) is 1.85. The van der Waals surface area contributed by atoms with E-state index in [0.29, 0.717) is 5.11 Å². The normalized spacial score (nSPS) is 17.4. The molecule has 1 N–H and O–H groups in total. The van der Waals surface area contributed by atoms with Crippen molar-refractivity contribution in [2.75, 3.05) is 23.9 Å². The molecule has 0 bridgehead atoms. The Hall–Kier alpha value is -3.64. The lowest BCUT2D eigenvalue weighted by molar-refractivity contribution is 0.565. The molecule has 5 rings (SSSR count). The number of aromatic nitrogens is 2. The number of aryl methyl sites for hydroxylation is 2. The van der Waals surface area contributed by atoms with E-state index < -0.39 is 0 Å². The first-order chi connectivity index (χ1) is 17.3. The second-order valence-corrected chi connectivity index (χ2v) is 10.2. The molecule has 2 aromatic heterocycles. The lowest BCUT2D eigenvalue weighted by Gasteiger charge is -2.28. The average Bonchev–Trinajstić information content (AvgIpc) is 3.36. The van der Waals surface area contributed by atoms with Crippen molar-refractivity contribution in [1.29, 1.82) is 0 Å². The standard InChI is InChI=1S/C30H33N5S/c1-19-10-9-12-27(21(19)3)34-20(2)18-25(22(34)4)29-28(26-11-7-8-17-31-26)32-30(36)35(29)24-15-13-23(14-16-24)33(5)6/h7-18,28-29H,1-6H3,(H,32,36)/t28-,29+/m0/s1. The number of rotatable bonds is 5. The minimum absolute atomic E-state index is 0.0392. The zero-order valence-corrected chi connectivity index (χ0v) is 22.6. The minimum Gasteiger partial charge on any atom is -0.378 e. The van der Waals surface area contributed by atoms with Gasteiger partial charge in [-0.3, -0.25) is 4.98 Å². The van der Waals surface area contributed by atoms with Gasteiger partial charge in [0.2, 0.25) is 0 Å². The summed E-state index contributed by atoms with van der Waals surface area (Å²) >= 11 is 5.95. The number of pyridine rings is 1. The van der Waals surface area contributed by atoms with E-state index in [0.717, 1.165) is 17.1 Å². The maximum absolute atomic E-state index is 5.95. The summed E-state index contributed by atoms with van der Waals surface area (Å²) in [6, 6.07) is 23.4. The van der Waals surface area contributed by atoms with Gasteiger partial charge in [-0.25, -0.2) is 0 Å². The molecule has 0 saturated carbocycles. The van der Waals surface area contributed by atoms with E-state index in [1.807, 2.05) is 18.3 Å². The van der Waals surface area contributed by atoms with Gasteiger partial charge in [0.15, 0.2) is 5.11 Å². The van der Waals surface area contributed by atoms with Gasteiger partial charge < -0.3 is 19.7 Å². The van der Waals surface area contributed by atoms with E-state index in [2.05, 4.69) is 116 Å². The molecule has 0 amide bonds. The van der Waals surface area contributed by atoms with Crippen molar-refractivity contribution in [1.82, 2.24) is 14.9 Å². The number of nitrogens with zero attached hydrogens (tertiary/aromatic N) is 4. The Labute approximate surface area is 219 Å². The molecule has 1 fully saturated rings. The molecule has 184 valence electrons. The summed E-state index contributed by atoms with van der Waals surface area (Å²) in [5.41, 5.74) is 10.7. The van der Waals surface area contributed by atoms with Crippen molar-refractivity contribution in [2.24, 2.45) is 0 Å². The summed E-state index contributed by atoms with van der Waals surface area (Å²) in [5.74, 6) is 0. The van der Waals surface area contributed by atoms with Crippen LogP contribution in [0.2, 0.25) is 0 Å². The van der Waals surface area contributed by atoms with Gasteiger partial charge in [0.05, 0.1) is 17.8 Å². The van der Waals surface area contributed by atoms with E-state index in [9.17, 15) is 0 Å². The Morgan fingerprint density at radius 2 is 1.67 bits per heavy atom. The third kappa shape index (κ3) is 4.05. The number of anilines is 2. The van der Waals surface area contributed by atoms with Gasteiger partial charge >= 0.3 is 0 Å². The molecule has 0 unspecified atom stereocenters. The third-order valence-corrected chi connectivity index (χ3v) is 7.66. The molecule has 0 aliphatic carbocycles. The summed E-state index contributed by atoms with van der Waals surface area (Å²) in [6.45, 7) is 8.77. The number of hydrogen-bond acceptors (Lipinski definition) is 3. The van der Waals surface area contributed by atoms with Crippen LogP contribution < -0.4 is 15.1 Å². The van der Waals surface area contributed by atoms with Crippen molar-refractivity contribution in [3.63, 3.8) is 0 Å². The molecule has 0 radical (unpaired) electrons. The predicted molar refractivity (Wildman–Crippen MR) is 153 cm³/mol. The molecule has 1 aliphatic heterocycles. The molecule has 1 aliphatic rings. The number of benzene rings is 2. The van der Waals surface area contributed by atoms with Crippen molar-refractivity contribution in [2.45, 2.75) is 39.8 Å². The lowest BCUT2D eigenvalue weighted by atomic mass is 9.96. The summed E-state index contributed by atoms with van der Waals surface area (Å²) in [4.78, 5) is 9.08. The molecule has 2 aromatic carbocycles. The first-order valence-electron chi connectivity index (χ1n) is 12.3. The highest BCUT2D eigenvalue weighted by Crippen LogP contribution is 2.44. The average molecular weight is 496 g/mol. The van der Waals surface area contributed by atoms with E-state index in [-0.39, 0.29) is 12.1 Å². The smallest absolute Gasteiger partial charge is 0.174 e. The largest absolute Gasteiger partial charge is 0.378 e. The van der Waals surface area contributed by atoms with Crippen LogP contribution in [0.5, 0.6) is 0 Å². The van der Waals surface area contributed by atoms with Crippen LogP contribution in [-0.2, 0) is 0 Å². The number of hydrogen-bond donors (Lipinski definition) is 1. The van der Waals surface area contributed by atoms with Crippen LogP contribution in [-0.4, -0.2) is 28.8 Å². The highest BCUT2D eigenvalue weighted by molar-refractivity contribution is 7.80. The molecule has 6 heteroatoms. The summed E-state index contributed by atoms with van der Waals surface area (Å²) < 4.78 is 2.38. The Kier molecular flexibility index (Phi) is 6.31. The van der Waals surface area contributed by atoms with Crippen molar-refractivity contribution in [3.8, 4) is 5.69 Å². The molecule has 36 heavy (non-hydrogen) atoms. The zero-order chi connectivity index (χ0) is 25.6. The molecule has 2 atom stereocenters. The second-order valence-electron chi connectivity index (χ2n) is 9.79. The zero-order valence-electron chi connectivity index (χ0n) is 21.8. The predicted octanol–water partition coefficient (Wildman–Crippen LogP) is 6.35. The summed E-state index contributed by atoms with van der Waals surface area (Å²) in [5, 5.41) is 4.31. The van der Waals surface area contributed by atoms with Gasteiger partial charge in [-0.05, 0) is 105 Å². The quantitative estimate of drug-likeness (QED) is 0.327. The van der Waals surface area contributed by atoms with E-state index in [4.69, 9.17) is 17.2 Å². The molecule has 0 spiro atoms. The van der Waals surface area contributed by atoms with Crippen LogP contribution in [0.4, 0.5) is 11.4 Å². The molecule has 4 aromatic rings. The molecular weight excluding hydrogens is 462 g/mol. The minimum atomic E-state index is -0.0696. The third-order valence-electron chi connectivity index (χ3n) is 7.35. The van der Waals surface area contributed by atoms with Crippen LogP contribution in [0.3, 0.4) is 0 Å². The highest BCUT2D eigenvalue weighted by atomic mass is 32.1. The maximum Gasteiger partial charge on any atom is 0.174 e. The maximum atomic E-state index is 5.95. The van der Waals surface area contributed by atoms with Gasteiger partial charge in [0, 0.05) is 48.7 Å². The van der Waals surface area contributed by atoms with Gasteiger partial charge in [0.1, 0.15) is 0 Å². The first kappa shape index (κ1) is 24.1. The summed E-state index contributed by atoms with van der Waals surface area (Å²) in [7, 11) is 4.11.